The Labute approximate surface area is 303 Å². The second kappa shape index (κ2) is 11.8. The van der Waals surface area contributed by atoms with Crippen molar-refractivity contribution in [1.82, 2.24) is 9.97 Å². The molecule has 0 N–H and O–H groups in total. The van der Waals surface area contributed by atoms with Gasteiger partial charge >= 0.3 is 0 Å². The maximum atomic E-state index is 4.64. The van der Waals surface area contributed by atoms with Crippen molar-refractivity contribution in [3.63, 3.8) is 0 Å². The summed E-state index contributed by atoms with van der Waals surface area (Å²) < 4.78 is 0. The lowest BCUT2D eigenvalue weighted by molar-refractivity contribution is 0.663. The smallest absolute Gasteiger partial charge is 0.138 e. The number of benzene rings is 7. The van der Waals surface area contributed by atoms with E-state index in [0.717, 1.165) is 22.7 Å². The molecule has 0 saturated carbocycles. The van der Waals surface area contributed by atoms with Crippen LogP contribution in [0.3, 0.4) is 0 Å². The van der Waals surface area contributed by atoms with Gasteiger partial charge < -0.3 is 0 Å². The van der Waals surface area contributed by atoms with Crippen LogP contribution in [-0.4, -0.2) is 9.97 Å². The summed E-state index contributed by atoms with van der Waals surface area (Å²) in [6.45, 7) is 4.77. The van der Waals surface area contributed by atoms with Gasteiger partial charge in [-0.15, -0.1) is 0 Å². The van der Waals surface area contributed by atoms with E-state index in [1.54, 1.807) is 0 Å². The summed E-state index contributed by atoms with van der Waals surface area (Å²) in [6, 6.07) is 54.7. The molecule has 52 heavy (non-hydrogen) atoms. The second-order valence-electron chi connectivity index (χ2n) is 14.3. The van der Waals surface area contributed by atoms with Crippen molar-refractivity contribution < 1.29 is 0 Å². The highest BCUT2D eigenvalue weighted by Gasteiger charge is 2.34. The van der Waals surface area contributed by atoms with Crippen molar-refractivity contribution in [3.05, 3.63) is 186 Å². The molecule has 0 aliphatic heterocycles. The van der Waals surface area contributed by atoms with E-state index in [4.69, 9.17) is 0 Å². The van der Waals surface area contributed by atoms with E-state index in [9.17, 15) is 0 Å². The molecule has 1 aliphatic carbocycles. The highest BCUT2D eigenvalue weighted by Crippen LogP contribution is 2.51. The molecule has 0 atom stereocenters. The minimum Gasteiger partial charge on any atom is -0.279 e. The van der Waals surface area contributed by atoms with Crippen molar-refractivity contribution >= 4 is 72.6 Å². The summed E-state index contributed by atoms with van der Waals surface area (Å²) in [5.41, 5.74) is 8.66. The fourth-order valence-corrected chi connectivity index (χ4v) is 8.25. The minimum atomic E-state index is -0.121. The molecule has 0 unspecified atom stereocenters. The first kappa shape index (κ1) is 30.3. The number of rotatable bonds is 6. The Kier molecular flexibility index (Phi) is 6.84. The molecule has 246 valence electrons. The van der Waals surface area contributed by atoms with Crippen LogP contribution in [0.4, 0.5) is 17.3 Å². The molecule has 7 aromatic carbocycles. The molecular formula is C49H35N3. The molecule has 0 amide bonds. The van der Waals surface area contributed by atoms with Crippen LogP contribution in [-0.2, 0) is 5.41 Å². The predicted octanol–water partition coefficient (Wildman–Crippen LogP) is 13.0. The zero-order chi connectivity index (χ0) is 34.8. The van der Waals surface area contributed by atoms with Gasteiger partial charge in [-0.25, -0.2) is 9.97 Å². The first-order valence-corrected chi connectivity index (χ1v) is 17.9. The molecule has 3 nitrogen and oxygen atoms in total. The summed E-state index contributed by atoms with van der Waals surface area (Å²) in [5.74, 6) is 1.66. The van der Waals surface area contributed by atoms with Crippen LogP contribution in [0.5, 0.6) is 0 Å². The van der Waals surface area contributed by atoms with Crippen LogP contribution < -0.4 is 4.90 Å². The molecule has 0 fully saturated rings. The highest BCUT2D eigenvalue weighted by molar-refractivity contribution is 6.16. The van der Waals surface area contributed by atoms with E-state index in [-0.39, 0.29) is 5.41 Å². The summed E-state index contributed by atoms with van der Waals surface area (Å²) in [4.78, 5) is 11.4. The number of fused-ring (bicyclic) bond motifs is 2. The fraction of sp³-hybridized carbons (Fsp3) is 0.0612. The van der Waals surface area contributed by atoms with E-state index in [1.165, 1.54) is 71.1 Å². The number of pyridine rings is 2. The van der Waals surface area contributed by atoms with E-state index in [2.05, 4.69) is 156 Å². The third-order valence-electron chi connectivity index (χ3n) is 10.8. The Morgan fingerprint density at radius 3 is 1.87 bits per heavy atom. The number of hydrogen-bond acceptors (Lipinski definition) is 3. The average Bonchev–Trinajstić information content (AvgIpc) is 3.42. The van der Waals surface area contributed by atoms with Gasteiger partial charge in [-0.05, 0) is 137 Å². The lowest BCUT2D eigenvalue weighted by Gasteiger charge is -2.23. The normalized spacial score (nSPS) is 13.3. The number of nitrogens with zero attached hydrogens (tertiary/aromatic N) is 3. The molecule has 2 aromatic heterocycles. The van der Waals surface area contributed by atoms with Gasteiger partial charge in [0.1, 0.15) is 11.6 Å². The highest BCUT2D eigenvalue weighted by atomic mass is 15.2. The molecule has 1 aliphatic rings. The number of anilines is 3. The molecule has 0 spiro atoms. The lowest BCUT2D eigenvalue weighted by atomic mass is 9.80. The third-order valence-corrected chi connectivity index (χ3v) is 10.8. The second-order valence-corrected chi connectivity index (χ2v) is 14.3. The first-order valence-electron chi connectivity index (χ1n) is 17.9. The Morgan fingerprint density at radius 2 is 1.10 bits per heavy atom. The van der Waals surface area contributed by atoms with Crippen molar-refractivity contribution in [2.45, 2.75) is 19.3 Å². The van der Waals surface area contributed by atoms with E-state index in [0.29, 0.717) is 0 Å². The molecular weight excluding hydrogens is 631 g/mol. The van der Waals surface area contributed by atoms with Gasteiger partial charge in [0.2, 0.25) is 0 Å². The molecule has 9 aromatic rings. The molecule has 3 heteroatoms. The van der Waals surface area contributed by atoms with Gasteiger partial charge in [0.15, 0.2) is 0 Å². The van der Waals surface area contributed by atoms with E-state index >= 15 is 0 Å². The number of aromatic nitrogens is 2. The van der Waals surface area contributed by atoms with Gasteiger partial charge in [0.25, 0.3) is 0 Å². The van der Waals surface area contributed by atoms with Gasteiger partial charge in [0, 0.05) is 23.5 Å². The zero-order valence-corrected chi connectivity index (χ0v) is 29.1. The topological polar surface area (TPSA) is 29.0 Å². The monoisotopic (exact) mass is 665 g/mol. The van der Waals surface area contributed by atoms with Crippen LogP contribution >= 0.6 is 0 Å². The SMILES string of the molecule is CC1(C)c2cc(/C=C/c3ccc4cc(N(c5ccccn5)c5ccccn5)ccc4c3)cc3ccc4cc(-c5cccc6ccccc56)cc1c4c23. The Hall–Kier alpha value is -6.58. The maximum Gasteiger partial charge on any atom is 0.138 e. The quantitative estimate of drug-likeness (QED) is 0.131. The summed E-state index contributed by atoms with van der Waals surface area (Å²) in [5, 5.41) is 10.3. The largest absolute Gasteiger partial charge is 0.279 e. The van der Waals surface area contributed by atoms with Crippen molar-refractivity contribution in [3.8, 4) is 11.1 Å². The summed E-state index contributed by atoms with van der Waals surface area (Å²) in [6.07, 6.45) is 8.14. The average molecular weight is 666 g/mol. The minimum absolute atomic E-state index is 0.121. The zero-order valence-electron chi connectivity index (χ0n) is 29.1. The number of hydrogen-bond donors (Lipinski definition) is 0. The molecule has 2 heterocycles. The Bertz CT molecular complexity index is 2830. The molecule has 0 saturated heterocycles. The van der Waals surface area contributed by atoms with Crippen LogP contribution in [0, 0.1) is 0 Å². The van der Waals surface area contributed by atoms with Crippen LogP contribution in [0.2, 0.25) is 0 Å². The van der Waals surface area contributed by atoms with Gasteiger partial charge in [0.05, 0.1) is 0 Å². The van der Waals surface area contributed by atoms with E-state index in [1.807, 2.05) is 48.8 Å². The van der Waals surface area contributed by atoms with Crippen LogP contribution in [0.15, 0.2) is 164 Å². The third kappa shape index (κ3) is 4.89. The summed E-state index contributed by atoms with van der Waals surface area (Å²) >= 11 is 0. The van der Waals surface area contributed by atoms with Crippen molar-refractivity contribution in [2.75, 3.05) is 4.90 Å². The first-order chi connectivity index (χ1) is 25.5. The molecule has 0 bridgehead atoms. The maximum absolute atomic E-state index is 4.64. The molecule has 0 radical (unpaired) electrons. The predicted molar refractivity (Wildman–Crippen MR) is 220 cm³/mol. The lowest BCUT2D eigenvalue weighted by Crippen LogP contribution is -2.15. The van der Waals surface area contributed by atoms with Crippen LogP contribution in [0.25, 0.3) is 66.4 Å². The summed E-state index contributed by atoms with van der Waals surface area (Å²) in [7, 11) is 0. The van der Waals surface area contributed by atoms with E-state index < -0.39 is 0 Å². The Balaban J connectivity index is 0.990. The molecule has 10 rings (SSSR count). The van der Waals surface area contributed by atoms with Crippen molar-refractivity contribution in [1.29, 1.82) is 0 Å². The van der Waals surface area contributed by atoms with Gasteiger partial charge in [-0.2, -0.15) is 0 Å². The van der Waals surface area contributed by atoms with Gasteiger partial charge in [-0.3, -0.25) is 4.90 Å². The van der Waals surface area contributed by atoms with Crippen molar-refractivity contribution in [2.24, 2.45) is 0 Å². The van der Waals surface area contributed by atoms with Gasteiger partial charge in [-0.1, -0.05) is 117 Å². The Morgan fingerprint density at radius 1 is 0.481 bits per heavy atom. The standard InChI is InChI=1S/C49H35N3/c1-49(2)43-28-33(27-37-20-21-38-29-39(31-44(49)48(38)47(37)43)42-13-9-11-34-10-3-4-12-41(34)42)17-16-32-18-19-36-30-40(23-22-35(36)26-32)52(45-14-5-7-24-50-45)46-15-6-8-25-51-46/h3-31H,1-2H3/b17-16+. The fourth-order valence-electron chi connectivity index (χ4n) is 8.25. The van der Waals surface area contributed by atoms with Crippen LogP contribution in [0.1, 0.15) is 36.1 Å².